The van der Waals surface area contributed by atoms with Crippen molar-refractivity contribution in [1.29, 1.82) is 0 Å². The van der Waals surface area contributed by atoms with E-state index in [1.165, 1.54) is 6.92 Å². The number of amides is 2. The monoisotopic (exact) mass is 451 g/mol. The predicted molar refractivity (Wildman–Crippen MR) is 111 cm³/mol. The maximum atomic E-state index is 12.4. The van der Waals surface area contributed by atoms with Crippen LogP contribution in [0, 0.1) is 0 Å². The summed E-state index contributed by atoms with van der Waals surface area (Å²) >= 11 is 0. The molecule has 0 spiro atoms. The molecule has 31 heavy (non-hydrogen) atoms. The van der Waals surface area contributed by atoms with Crippen molar-refractivity contribution in [3.8, 4) is 5.75 Å². The second-order valence-electron chi connectivity index (χ2n) is 7.46. The number of methoxy groups -OCH3 is 1. The third-order valence-electron chi connectivity index (χ3n) is 5.13. The van der Waals surface area contributed by atoms with Crippen LogP contribution in [0.4, 0.5) is 0 Å². The Balaban J connectivity index is 1.55. The fourth-order valence-corrected chi connectivity index (χ4v) is 5.02. The lowest BCUT2D eigenvalue weighted by Crippen LogP contribution is -2.43. The topological polar surface area (TPSA) is 131 Å². The lowest BCUT2D eigenvalue weighted by atomic mass is 10.1. The summed E-state index contributed by atoms with van der Waals surface area (Å²) in [7, 11) is -1.64. The first kappa shape index (κ1) is 22.7. The molecule has 0 bridgehead atoms. The van der Waals surface area contributed by atoms with E-state index < -0.39 is 33.9 Å². The van der Waals surface area contributed by atoms with E-state index in [9.17, 15) is 22.8 Å². The molecule has 1 fully saturated rings. The van der Waals surface area contributed by atoms with E-state index in [4.69, 9.17) is 9.47 Å². The minimum absolute atomic E-state index is 0.00120. The number of esters is 1. The van der Waals surface area contributed by atoms with Gasteiger partial charge in [0.15, 0.2) is 15.9 Å². The van der Waals surface area contributed by atoms with Gasteiger partial charge in [-0.05, 0) is 31.0 Å². The van der Waals surface area contributed by atoms with E-state index >= 15 is 0 Å². The van der Waals surface area contributed by atoms with E-state index in [-0.39, 0.29) is 48.9 Å². The molecule has 3 rings (SSSR count). The summed E-state index contributed by atoms with van der Waals surface area (Å²) in [6.45, 7) is 1.70. The zero-order chi connectivity index (χ0) is 22.6. The third kappa shape index (κ3) is 5.81. The Labute approximate surface area is 180 Å². The van der Waals surface area contributed by atoms with E-state index in [0.717, 1.165) is 10.6 Å². The normalized spacial score (nSPS) is 21.2. The molecule has 2 amide bonds. The first-order valence-electron chi connectivity index (χ1n) is 9.90. The molecule has 0 aromatic heterocycles. The molecule has 2 aliphatic rings. The molecule has 0 saturated carbocycles. The fourth-order valence-electron chi connectivity index (χ4n) is 3.33. The molecule has 1 N–H and O–H groups in total. The van der Waals surface area contributed by atoms with Crippen LogP contribution in [0.25, 0.3) is 0 Å². The Morgan fingerprint density at radius 1 is 1.26 bits per heavy atom. The summed E-state index contributed by atoms with van der Waals surface area (Å²) in [5.74, 6) is -1.09. The average molecular weight is 452 g/mol. The van der Waals surface area contributed by atoms with Gasteiger partial charge in [0, 0.05) is 19.4 Å². The lowest BCUT2D eigenvalue weighted by molar-refractivity contribution is -0.149. The quantitative estimate of drug-likeness (QED) is 0.594. The van der Waals surface area contributed by atoms with Crippen molar-refractivity contribution in [1.82, 2.24) is 10.3 Å². The van der Waals surface area contributed by atoms with Crippen LogP contribution >= 0.6 is 0 Å². The van der Waals surface area contributed by atoms with Gasteiger partial charge in [0.1, 0.15) is 11.5 Å². The fraction of sp³-hybridized carbons (Fsp3) is 0.500. The highest BCUT2D eigenvalue weighted by Gasteiger charge is 2.37. The van der Waals surface area contributed by atoms with Gasteiger partial charge < -0.3 is 14.8 Å². The Hall–Kier alpha value is -2.95. The number of carbonyl (C=O) groups excluding carboxylic acids is 3. The Morgan fingerprint density at radius 3 is 2.58 bits per heavy atom. The van der Waals surface area contributed by atoms with Crippen molar-refractivity contribution >= 4 is 33.3 Å². The first-order chi connectivity index (χ1) is 14.7. The Bertz CT molecular complexity index is 989. The molecule has 1 saturated heterocycles. The first-order valence-corrected chi connectivity index (χ1v) is 11.7. The molecule has 2 unspecified atom stereocenters. The highest BCUT2D eigenvalue weighted by atomic mass is 32.2. The number of carbonyl (C=O) groups is 3. The molecule has 11 heteroatoms. The largest absolute Gasteiger partial charge is 0.497 e. The molecule has 2 atom stereocenters. The van der Waals surface area contributed by atoms with E-state index in [2.05, 4.69) is 10.4 Å². The minimum Gasteiger partial charge on any atom is -0.497 e. The molecule has 1 aromatic rings. The molecule has 1 aromatic carbocycles. The number of hydrogen-bond donors (Lipinski definition) is 1. The number of hydrogen-bond acceptors (Lipinski definition) is 8. The second kappa shape index (κ2) is 9.46. The van der Waals surface area contributed by atoms with Gasteiger partial charge in [-0.25, -0.2) is 18.2 Å². The number of benzene rings is 1. The van der Waals surface area contributed by atoms with Crippen LogP contribution in [0.1, 0.15) is 31.7 Å². The van der Waals surface area contributed by atoms with Crippen LogP contribution in [0.15, 0.2) is 29.4 Å². The van der Waals surface area contributed by atoms with Gasteiger partial charge in [-0.1, -0.05) is 12.1 Å². The van der Waals surface area contributed by atoms with Crippen LogP contribution < -0.4 is 10.1 Å². The highest BCUT2D eigenvalue weighted by Crippen LogP contribution is 2.22. The Kier molecular flexibility index (Phi) is 6.94. The van der Waals surface area contributed by atoms with Crippen molar-refractivity contribution in [3.63, 3.8) is 0 Å². The number of nitrogens with zero attached hydrogens (tertiary/aromatic N) is 2. The Morgan fingerprint density at radius 2 is 1.97 bits per heavy atom. The molecular formula is C20H25N3O7S. The smallest absolute Gasteiger partial charge is 0.355 e. The molecule has 10 nitrogen and oxygen atoms in total. The molecule has 0 aliphatic carbocycles. The van der Waals surface area contributed by atoms with Gasteiger partial charge in [0.05, 0.1) is 24.7 Å². The highest BCUT2D eigenvalue weighted by molar-refractivity contribution is 7.91. The summed E-state index contributed by atoms with van der Waals surface area (Å²) in [4.78, 5) is 36.9. The number of ether oxygens (including phenoxy) is 2. The standard InChI is InChI=1S/C20H25N3O7S/c1-13(19(25)21-11-14-3-5-16(29-2)6-4-14)30-20(26)17-7-8-18(24)23(22-17)15-9-10-31(27,28)12-15/h3-6,13,15H,7-12H2,1-2H3,(H,21,25). The summed E-state index contributed by atoms with van der Waals surface area (Å²) < 4.78 is 33.7. The van der Waals surface area contributed by atoms with Crippen LogP contribution in [0.5, 0.6) is 5.75 Å². The van der Waals surface area contributed by atoms with E-state index in [1.54, 1.807) is 31.4 Å². The van der Waals surface area contributed by atoms with Crippen LogP contribution in [0.3, 0.4) is 0 Å². The number of rotatable bonds is 7. The van der Waals surface area contributed by atoms with Crippen LogP contribution in [-0.2, 0) is 35.5 Å². The minimum atomic E-state index is -3.21. The molecule has 0 radical (unpaired) electrons. The number of nitrogens with one attached hydrogen (secondary N) is 1. The maximum absolute atomic E-state index is 12.4. The summed E-state index contributed by atoms with van der Waals surface area (Å²) in [5.41, 5.74) is 0.851. The van der Waals surface area contributed by atoms with Crippen molar-refractivity contribution in [3.05, 3.63) is 29.8 Å². The van der Waals surface area contributed by atoms with Crippen LogP contribution in [-0.4, -0.2) is 67.7 Å². The molecule has 168 valence electrons. The van der Waals surface area contributed by atoms with Crippen molar-refractivity contribution in [2.24, 2.45) is 5.10 Å². The van der Waals surface area contributed by atoms with Gasteiger partial charge in [0.25, 0.3) is 5.91 Å². The van der Waals surface area contributed by atoms with Crippen LogP contribution in [0.2, 0.25) is 0 Å². The zero-order valence-electron chi connectivity index (χ0n) is 17.4. The molecule has 2 aliphatic heterocycles. The summed E-state index contributed by atoms with van der Waals surface area (Å²) in [6, 6.07) is 6.58. The third-order valence-corrected chi connectivity index (χ3v) is 6.88. The van der Waals surface area contributed by atoms with Crippen molar-refractivity contribution in [2.45, 2.75) is 44.9 Å². The summed E-state index contributed by atoms with van der Waals surface area (Å²) in [6.07, 6.45) is -0.674. The maximum Gasteiger partial charge on any atom is 0.355 e. The van der Waals surface area contributed by atoms with E-state index in [0.29, 0.717) is 5.75 Å². The van der Waals surface area contributed by atoms with Crippen molar-refractivity contribution in [2.75, 3.05) is 18.6 Å². The lowest BCUT2D eigenvalue weighted by Gasteiger charge is -2.27. The predicted octanol–water partition coefficient (Wildman–Crippen LogP) is 0.409. The SMILES string of the molecule is COc1ccc(CNC(=O)C(C)OC(=O)C2=NN(C3CCS(=O)(=O)C3)C(=O)CC2)cc1. The van der Waals surface area contributed by atoms with Gasteiger partial charge in [-0.3, -0.25) is 9.59 Å². The van der Waals surface area contributed by atoms with Gasteiger partial charge in [-0.2, -0.15) is 5.10 Å². The van der Waals surface area contributed by atoms with Crippen molar-refractivity contribution < 1.29 is 32.3 Å². The van der Waals surface area contributed by atoms with Gasteiger partial charge in [-0.15, -0.1) is 0 Å². The summed E-state index contributed by atoms with van der Waals surface area (Å²) in [5, 5.41) is 7.82. The second-order valence-corrected chi connectivity index (χ2v) is 9.68. The average Bonchev–Trinajstić information content (AvgIpc) is 3.11. The zero-order valence-corrected chi connectivity index (χ0v) is 18.2. The van der Waals surface area contributed by atoms with Gasteiger partial charge >= 0.3 is 5.97 Å². The van der Waals surface area contributed by atoms with E-state index in [1.807, 2.05) is 0 Å². The molecular weight excluding hydrogens is 426 g/mol. The number of sulfone groups is 1. The number of hydrazone groups is 1. The molecule has 2 heterocycles. The van der Waals surface area contributed by atoms with Gasteiger partial charge in [0.2, 0.25) is 5.91 Å².